The van der Waals surface area contributed by atoms with Crippen molar-refractivity contribution in [1.29, 1.82) is 0 Å². The Bertz CT molecular complexity index is 1200. The lowest BCUT2D eigenvalue weighted by Crippen LogP contribution is -2.18. The Balaban J connectivity index is 2.13. The highest BCUT2D eigenvalue weighted by molar-refractivity contribution is 6.10. The first-order chi connectivity index (χ1) is 13.5. The van der Waals surface area contributed by atoms with Gasteiger partial charge in [-0.15, -0.1) is 0 Å². The van der Waals surface area contributed by atoms with Crippen LogP contribution in [-0.2, 0) is 6.42 Å². The van der Waals surface area contributed by atoms with Crippen LogP contribution in [0.2, 0.25) is 0 Å². The summed E-state index contributed by atoms with van der Waals surface area (Å²) in [4.78, 5) is 25.0. The van der Waals surface area contributed by atoms with Gasteiger partial charge in [0.15, 0.2) is 16.6 Å². The molecule has 1 atom stereocenters. The van der Waals surface area contributed by atoms with Gasteiger partial charge >= 0.3 is 5.63 Å². The van der Waals surface area contributed by atoms with Crippen LogP contribution in [0.3, 0.4) is 0 Å². The average molecular weight is 380 g/mol. The van der Waals surface area contributed by atoms with E-state index in [9.17, 15) is 9.59 Å². The third-order valence-electron chi connectivity index (χ3n) is 5.17. The molecule has 0 N–H and O–H groups in total. The highest BCUT2D eigenvalue weighted by atomic mass is 16.5. The van der Waals surface area contributed by atoms with Gasteiger partial charge < -0.3 is 13.6 Å². The number of hydrogen-bond acceptors (Lipinski definition) is 5. The maximum absolute atomic E-state index is 12.8. The fourth-order valence-electron chi connectivity index (χ4n) is 3.91. The van der Waals surface area contributed by atoms with Gasteiger partial charge in [0.05, 0.1) is 10.9 Å². The number of unbranched alkanes of at least 4 members (excludes halogenated alkanes) is 1. The Hall–Kier alpha value is -2.82. The standard InChI is InChI=1S/C23H24O5/c1-4-6-8-15-9-10-16-21(27-15)19-14(7-5-2)12-18(25)28-23(19)20-17(24)11-13(3)26-22(16)20/h9-12,15H,4-8H2,1-3H3. The zero-order valence-corrected chi connectivity index (χ0v) is 16.5. The monoisotopic (exact) mass is 380 g/mol. The van der Waals surface area contributed by atoms with Gasteiger partial charge in [-0.05, 0) is 43.9 Å². The number of aryl methyl sites for hydroxylation is 2. The molecule has 1 aromatic carbocycles. The molecule has 0 bridgehead atoms. The van der Waals surface area contributed by atoms with E-state index in [1.807, 2.05) is 12.2 Å². The smallest absolute Gasteiger partial charge is 0.336 e. The molecule has 3 heterocycles. The number of fused-ring (bicyclic) bond motifs is 6. The third kappa shape index (κ3) is 3.05. The third-order valence-corrected chi connectivity index (χ3v) is 5.17. The molecule has 3 aromatic rings. The minimum absolute atomic E-state index is 0.0500. The van der Waals surface area contributed by atoms with Crippen molar-refractivity contribution >= 4 is 28.0 Å². The molecule has 146 valence electrons. The van der Waals surface area contributed by atoms with Crippen molar-refractivity contribution in [2.45, 2.75) is 59.0 Å². The lowest BCUT2D eigenvalue weighted by Gasteiger charge is -2.24. The normalized spacial score (nSPS) is 15.8. The van der Waals surface area contributed by atoms with Crippen molar-refractivity contribution < 1.29 is 13.6 Å². The summed E-state index contributed by atoms with van der Waals surface area (Å²) < 4.78 is 17.8. The molecule has 0 fully saturated rings. The molecule has 0 aliphatic carbocycles. The number of benzene rings is 1. The Morgan fingerprint density at radius 3 is 2.57 bits per heavy atom. The molecule has 0 radical (unpaired) electrons. The van der Waals surface area contributed by atoms with Crippen molar-refractivity contribution in [3.63, 3.8) is 0 Å². The van der Waals surface area contributed by atoms with Crippen LogP contribution in [0.4, 0.5) is 0 Å². The van der Waals surface area contributed by atoms with E-state index < -0.39 is 5.63 Å². The highest BCUT2D eigenvalue weighted by Crippen LogP contribution is 2.42. The SMILES string of the molecule is CCCCC1C=Cc2c(c3c(CCC)cc(=O)oc3c3c(=O)cc(C)oc23)O1. The molecule has 5 nitrogen and oxygen atoms in total. The van der Waals surface area contributed by atoms with E-state index in [-0.39, 0.29) is 17.1 Å². The second-order valence-corrected chi connectivity index (χ2v) is 7.37. The topological polar surface area (TPSA) is 69.7 Å². The van der Waals surface area contributed by atoms with E-state index in [4.69, 9.17) is 13.6 Å². The van der Waals surface area contributed by atoms with Gasteiger partial charge in [0, 0.05) is 12.1 Å². The van der Waals surface area contributed by atoms with Gasteiger partial charge in [-0.1, -0.05) is 26.7 Å². The van der Waals surface area contributed by atoms with E-state index in [1.54, 1.807) is 6.92 Å². The van der Waals surface area contributed by atoms with Crippen LogP contribution in [0.15, 0.2) is 36.6 Å². The van der Waals surface area contributed by atoms with Crippen molar-refractivity contribution in [2.75, 3.05) is 0 Å². The molecule has 4 rings (SSSR count). The van der Waals surface area contributed by atoms with Crippen LogP contribution >= 0.6 is 0 Å². The summed E-state index contributed by atoms with van der Waals surface area (Å²) in [6.45, 7) is 5.93. The largest absolute Gasteiger partial charge is 0.485 e. The quantitative estimate of drug-likeness (QED) is 0.454. The summed E-state index contributed by atoms with van der Waals surface area (Å²) in [6.07, 6.45) is 8.56. The molecule has 2 aromatic heterocycles. The minimum Gasteiger partial charge on any atom is -0.485 e. The first-order valence-electron chi connectivity index (χ1n) is 9.95. The maximum atomic E-state index is 12.8. The molecule has 1 aliphatic heterocycles. The second-order valence-electron chi connectivity index (χ2n) is 7.37. The molecule has 5 heteroatoms. The summed E-state index contributed by atoms with van der Waals surface area (Å²) in [5.74, 6) is 1.15. The van der Waals surface area contributed by atoms with Gasteiger partial charge in [0.1, 0.15) is 23.0 Å². The van der Waals surface area contributed by atoms with E-state index in [1.165, 1.54) is 12.1 Å². The fourth-order valence-corrected chi connectivity index (χ4v) is 3.91. The van der Waals surface area contributed by atoms with Crippen molar-refractivity contribution in [3.8, 4) is 5.75 Å². The van der Waals surface area contributed by atoms with Gasteiger partial charge in [-0.3, -0.25) is 4.79 Å². The van der Waals surface area contributed by atoms with E-state index in [2.05, 4.69) is 13.8 Å². The van der Waals surface area contributed by atoms with Crippen LogP contribution in [0.5, 0.6) is 5.75 Å². The van der Waals surface area contributed by atoms with Crippen LogP contribution in [0.25, 0.3) is 28.0 Å². The number of rotatable bonds is 5. The average Bonchev–Trinajstić information content (AvgIpc) is 2.65. The molecule has 28 heavy (non-hydrogen) atoms. The van der Waals surface area contributed by atoms with Crippen LogP contribution in [0, 0.1) is 6.92 Å². The maximum Gasteiger partial charge on any atom is 0.336 e. The van der Waals surface area contributed by atoms with Gasteiger partial charge in [-0.25, -0.2) is 4.79 Å². The van der Waals surface area contributed by atoms with Crippen molar-refractivity contribution in [1.82, 2.24) is 0 Å². The first kappa shape index (κ1) is 18.5. The second kappa shape index (κ2) is 7.30. The highest BCUT2D eigenvalue weighted by Gasteiger charge is 2.26. The van der Waals surface area contributed by atoms with E-state index >= 15 is 0 Å². The Morgan fingerprint density at radius 1 is 1.00 bits per heavy atom. The predicted octanol–water partition coefficient (Wildman–Crippen LogP) is 5.12. The predicted molar refractivity (Wildman–Crippen MR) is 110 cm³/mol. The van der Waals surface area contributed by atoms with Gasteiger partial charge in [0.25, 0.3) is 0 Å². The summed E-state index contributed by atoms with van der Waals surface area (Å²) in [5.41, 5.74) is 1.58. The lowest BCUT2D eigenvalue weighted by molar-refractivity contribution is 0.234. The molecule has 1 aliphatic rings. The molecule has 0 amide bonds. The fraction of sp³-hybridized carbons (Fsp3) is 0.391. The molecular weight excluding hydrogens is 356 g/mol. The molecule has 0 saturated heterocycles. The Labute approximate surface area is 162 Å². The Morgan fingerprint density at radius 2 is 1.82 bits per heavy atom. The number of ether oxygens (including phenoxy) is 1. The minimum atomic E-state index is -0.467. The zero-order chi connectivity index (χ0) is 19.8. The van der Waals surface area contributed by atoms with Crippen molar-refractivity contribution in [3.05, 3.63) is 55.7 Å². The van der Waals surface area contributed by atoms with Gasteiger partial charge in [-0.2, -0.15) is 0 Å². The van der Waals surface area contributed by atoms with Crippen LogP contribution in [-0.4, -0.2) is 6.10 Å². The zero-order valence-electron chi connectivity index (χ0n) is 16.5. The summed E-state index contributed by atoms with van der Waals surface area (Å²) in [6, 6.07) is 2.94. The molecule has 0 spiro atoms. The Kier molecular flexibility index (Phi) is 4.84. The van der Waals surface area contributed by atoms with Crippen molar-refractivity contribution in [2.24, 2.45) is 0 Å². The summed E-state index contributed by atoms with van der Waals surface area (Å²) >= 11 is 0. The lowest BCUT2D eigenvalue weighted by atomic mass is 9.96. The van der Waals surface area contributed by atoms with Gasteiger partial charge in [0.2, 0.25) is 0 Å². The first-order valence-corrected chi connectivity index (χ1v) is 9.95. The number of hydrogen-bond donors (Lipinski definition) is 0. The molecular formula is C23H24O5. The van der Waals surface area contributed by atoms with E-state index in [0.29, 0.717) is 34.3 Å². The summed E-state index contributed by atoms with van der Waals surface area (Å²) in [5, 5.41) is 1.01. The summed E-state index contributed by atoms with van der Waals surface area (Å²) in [7, 11) is 0. The molecule has 1 unspecified atom stereocenters. The molecule has 0 saturated carbocycles. The van der Waals surface area contributed by atoms with E-state index in [0.717, 1.165) is 36.8 Å². The van der Waals surface area contributed by atoms with Crippen LogP contribution < -0.4 is 15.8 Å². The van der Waals surface area contributed by atoms with Crippen LogP contribution in [0.1, 0.15) is 56.4 Å².